The Morgan fingerprint density at radius 2 is 1.76 bits per heavy atom. The van der Waals surface area contributed by atoms with E-state index in [-0.39, 0.29) is 6.03 Å². The van der Waals surface area contributed by atoms with Crippen molar-refractivity contribution in [3.63, 3.8) is 0 Å². The zero-order valence-electron chi connectivity index (χ0n) is 10.5. The van der Waals surface area contributed by atoms with Crippen LogP contribution in [0.5, 0.6) is 0 Å². The maximum Gasteiger partial charge on any atom is 0.315 e. The van der Waals surface area contributed by atoms with Crippen molar-refractivity contribution in [2.24, 2.45) is 0 Å². The fourth-order valence-corrected chi connectivity index (χ4v) is 2.60. The zero-order valence-corrected chi connectivity index (χ0v) is 10.5. The Morgan fingerprint density at radius 1 is 1.12 bits per heavy atom. The van der Waals surface area contributed by atoms with Crippen molar-refractivity contribution in [2.75, 3.05) is 6.54 Å². The van der Waals surface area contributed by atoms with Crippen molar-refractivity contribution in [3.8, 4) is 0 Å². The Kier molecular flexibility index (Phi) is 4.26. The molecule has 0 radical (unpaired) electrons. The quantitative estimate of drug-likeness (QED) is 0.660. The number of hydrogen-bond acceptors (Lipinski definition) is 2. The number of hydrogen-bond donors (Lipinski definition) is 3. The molecular formula is C13H24N2O2. The van der Waals surface area contributed by atoms with E-state index >= 15 is 0 Å². The minimum Gasteiger partial charge on any atom is -0.388 e. The molecule has 2 saturated carbocycles. The van der Waals surface area contributed by atoms with Crippen LogP contribution >= 0.6 is 0 Å². The van der Waals surface area contributed by atoms with Crippen molar-refractivity contribution < 1.29 is 9.90 Å². The second-order valence-electron chi connectivity index (χ2n) is 5.59. The van der Waals surface area contributed by atoms with Gasteiger partial charge in [0.1, 0.15) is 0 Å². The summed E-state index contributed by atoms with van der Waals surface area (Å²) in [6.45, 7) is 0.394. The highest BCUT2D eigenvalue weighted by Crippen LogP contribution is 2.26. The number of amides is 2. The van der Waals surface area contributed by atoms with Crippen molar-refractivity contribution in [1.29, 1.82) is 0 Å². The molecule has 0 aromatic heterocycles. The van der Waals surface area contributed by atoms with E-state index in [4.69, 9.17) is 0 Å². The largest absolute Gasteiger partial charge is 0.388 e. The van der Waals surface area contributed by atoms with Crippen molar-refractivity contribution >= 4 is 6.03 Å². The lowest BCUT2D eigenvalue weighted by Gasteiger charge is -2.29. The Hall–Kier alpha value is -0.770. The molecule has 0 aromatic carbocycles. The summed E-state index contributed by atoms with van der Waals surface area (Å²) < 4.78 is 0. The third kappa shape index (κ3) is 3.87. The summed E-state index contributed by atoms with van der Waals surface area (Å²) in [5.74, 6) is 0. The first kappa shape index (κ1) is 12.7. The van der Waals surface area contributed by atoms with Gasteiger partial charge in [0.05, 0.1) is 5.60 Å². The van der Waals surface area contributed by atoms with Crippen LogP contribution in [0.2, 0.25) is 0 Å². The molecule has 2 rings (SSSR count). The molecule has 0 heterocycles. The number of carbonyl (C=O) groups excluding carboxylic acids is 1. The maximum atomic E-state index is 11.6. The molecule has 0 unspecified atom stereocenters. The van der Waals surface area contributed by atoms with Gasteiger partial charge in [-0.1, -0.05) is 25.7 Å². The molecule has 2 aliphatic rings. The van der Waals surface area contributed by atoms with Gasteiger partial charge in [-0.15, -0.1) is 0 Å². The summed E-state index contributed by atoms with van der Waals surface area (Å²) >= 11 is 0. The van der Waals surface area contributed by atoms with Crippen molar-refractivity contribution in [2.45, 2.75) is 69.4 Å². The number of carbonyl (C=O) groups is 1. The van der Waals surface area contributed by atoms with Crippen LogP contribution in [-0.2, 0) is 0 Å². The smallest absolute Gasteiger partial charge is 0.315 e. The van der Waals surface area contributed by atoms with Crippen LogP contribution in [0.15, 0.2) is 0 Å². The lowest BCUT2D eigenvalue weighted by atomic mass is 9.93. The molecule has 17 heavy (non-hydrogen) atoms. The van der Waals surface area contributed by atoms with Crippen LogP contribution in [0.4, 0.5) is 4.79 Å². The summed E-state index contributed by atoms with van der Waals surface area (Å²) in [7, 11) is 0. The number of rotatable bonds is 3. The van der Waals surface area contributed by atoms with E-state index in [0.29, 0.717) is 12.6 Å². The monoisotopic (exact) mass is 240 g/mol. The molecule has 0 saturated heterocycles. The second-order valence-corrected chi connectivity index (χ2v) is 5.59. The highest BCUT2D eigenvalue weighted by molar-refractivity contribution is 5.74. The first-order valence-corrected chi connectivity index (χ1v) is 6.95. The summed E-state index contributed by atoms with van der Waals surface area (Å²) in [5, 5.41) is 16.1. The summed E-state index contributed by atoms with van der Waals surface area (Å²) in [6.07, 6.45) is 9.59. The number of nitrogens with one attached hydrogen (secondary N) is 2. The lowest BCUT2D eigenvalue weighted by molar-refractivity contribution is 0.0275. The van der Waals surface area contributed by atoms with Crippen LogP contribution in [0, 0.1) is 0 Å². The molecule has 3 N–H and O–H groups in total. The van der Waals surface area contributed by atoms with Crippen LogP contribution in [0.1, 0.15) is 57.8 Å². The molecule has 2 aliphatic carbocycles. The standard InChI is InChI=1S/C13H24N2O2/c16-12(15-11-6-5-7-11)14-10-13(17)8-3-1-2-4-9-13/h11,17H,1-10H2,(H2,14,15,16). The number of urea groups is 1. The molecule has 0 bridgehead atoms. The van der Waals surface area contributed by atoms with Gasteiger partial charge >= 0.3 is 6.03 Å². The van der Waals surface area contributed by atoms with Gasteiger partial charge in [0.2, 0.25) is 0 Å². The van der Waals surface area contributed by atoms with Crippen LogP contribution in [-0.4, -0.2) is 29.3 Å². The van der Waals surface area contributed by atoms with Gasteiger partial charge in [-0.3, -0.25) is 0 Å². The van der Waals surface area contributed by atoms with E-state index < -0.39 is 5.60 Å². The minimum absolute atomic E-state index is 0.118. The highest BCUT2D eigenvalue weighted by Gasteiger charge is 2.28. The molecule has 0 atom stereocenters. The predicted molar refractivity (Wildman–Crippen MR) is 66.8 cm³/mol. The van der Waals surface area contributed by atoms with Gasteiger partial charge in [0.25, 0.3) is 0 Å². The molecule has 2 fully saturated rings. The van der Waals surface area contributed by atoms with Gasteiger partial charge < -0.3 is 15.7 Å². The van der Waals surface area contributed by atoms with E-state index in [9.17, 15) is 9.90 Å². The Morgan fingerprint density at radius 3 is 2.29 bits per heavy atom. The Balaban J connectivity index is 1.69. The van der Waals surface area contributed by atoms with Gasteiger partial charge in [0.15, 0.2) is 0 Å². The minimum atomic E-state index is -0.673. The molecule has 4 heteroatoms. The fraction of sp³-hybridized carbons (Fsp3) is 0.923. The van der Waals surface area contributed by atoms with Gasteiger partial charge in [0, 0.05) is 12.6 Å². The number of aliphatic hydroxyl groups is 1. The average Bonchev–Trinajstić information content (AvgIpc) is 2.47. The van der Waals surface area contributed by atoms with Crippen LogP contribution in [0.3, 0.4) is 0 Å². The maximum absolute atomic E-state index is 11.6. The predicted octanol–water partition coefficient (Wildman–Crippen LogP) is 1.92. The average molecular weight is 240 g/mol. The zero-order chi connectivity index (χ0) is 12.1. The third-order valence-corrected chi connectivity index (χ3v) is 4.05. The Labute approximate surface area is 103 Å². The second kappa shape index (κ2) is 5.71. The molecule has 2 amide bonds. The molecule has 0 aliphatic heterocycles. The van der Waals surface area contributed by atoms with Crippen molar-refractivity contribution in [1.82, 2.24) is 10.6 Å². The van der Waals surface area contributed by atoms with E-state index in [1.54, 1.807) is 0 Å². The summed E-state index contributed by atoms with van der Waals surface area (Å²) in [6, 6.07) is 0.242. The van der Waals surface area contributed by atoms with E-state index in [1.165, 1.54) is 19.3 Å². The molecule has 0 spiro atoms. The summed E-state index contributed by atoms with van der Waals surface area (Å²) in [5.41, 5.74) is -0.673. The van der Waals surface area contributed by atoms with Crippen molar-refractivity contribution in [3.05, 3.63) is 0 Å². The van der Waals surface area contributed by atoms with E-state index in [0.717, 1.165) is 38.5 Å². The van der Waals surface area contributed by atoms with Gasteiger partial charge in [-0.2, -0.15) is 0 Å². The Bertz CT molecular complexity index is 256. The molecule has 0 aromatic rings. The molecule has 98 valence electrons. The topological polar surface area (TPSA) is 61.4 Å². The van der Waals surface area contributed by atoms with E-state index in [2.05, 4.69) is 10.6 Å². The lowest BCUT2D eigenvalue weighted by Crippen LogP contribution is -2.50. The van der Waals surface area contributed by atoms with E-state index in [1.807, 2.05) is 0 Å². The third-order valence-electron chi connectivity index (χ3n) is 4.05. The SMILES string of the molecule is O=C(NCC1(O)CCCCCC1)NC1CCC1. The first-order chi connectivity index (χ1) is 8.18. The molecule has 4 nitrogen and oxygen atoms in total. The first-order valence-electron chi connectivity index (χ1n) is 6.95. The van der Waals surface area contributed by atoms with Crippen LogP contribution in [0.25, 0.3) is 0 Å². The summed E-state index contributed by atoms with van der Waals surface area (Å²) in [4.78, 5) is 11.6. The highest BCUT2D eigenvalue weighted by atomic mass is 16.3. The fourth-order valence-electron chi connectivity index (χ4n) is 2.60. The van der Waals surface area contributed by atoms with Crippen LogP contribution < -0.4 is 10.6 Å². The normalized spacial score (nSPS) is 24.5. The molecular weight excluding hydrogens is 216 g/mol. The van der Waals surface area contributed by atoms with Gasteiger partial charge in [-0.05, 0) is 32.1 Å². The van der Waals surface area contributed by atoms with Gasteiger partial charge in [-0.25, -0.2) is 4.79 Å².